The molecule has 1 heterocycles. The van der Waals surface area contributed by atoms with Crippen LogP contribution in [0.2, 0.25) is 5.02 Å². The zero-order valence-corrected chi connectivity index (χ0v) is 16.2. The Bertz CT molecular complexity index is 816. The molecule has 0 saturated heterocycles. The van der Waals surface area contributed by atoms with Crippen LogP contribution in [0.4, 0.5) is 5.00 Å². The molecule has 0 radical (unpaired) electrons. The molecule has 25 heavy (non-hydrogen) atoms. The van der Waals surface area contributed by atoms with Gasteiger partial charge in [0.25, 0.3) is 5.91 Å². The first-order chi connectivity index (χ1) is 11.8. The largest absolute Gasteiger partial charge is 0.365 e. The van der Waals surface area contributed by atoms with E-state index in [1.54, 1.807) is 24.3 Å². The van der Waals surface area contributed by atoms with E-state index in [-0.39, 0.29) is 17.4 Å². The Morgan fingerprint density at radius 3 is 2.48 bits per heavy atom. The second-order valence-electron chi connectivity index (χ2n) is 5.36. The molecule has 2 amide bonds. The molecule has 0 spiro atoms. The number of carbonyl (C=O) groups excluding carboxylic acids is 2. The lowest BCUT2D eigenvalue weighted by molar-refractivity contribution is -0.119. The van der Waals surface area contributed by atoms with E-state index in [4.69, 9.17) is 29.6 Å². The van der Waals surface area contributed by atoms with E-state index in [0.29, 0.717) is 22.0 Å². The molecule has 0 saturated carbocycles. The van der Waals surface area contributed by atoms with Gasteiger partial charge >= 0.3 is 0 Å². The third-order valence-corrected chi connectivity index (χ3v) is 5.09. The van der Waals surface area contributed by atoms with Gasteiger partial charge in [-0.2, -0.15) is 0 Å². The van der Waals surface area contributed by atoms with Crippen molar-refractivity contribution in [2.75, 3.05) is 5.32 Å². The Morgan fingerprint density at radius 1 is 1.28 bits per heavy atom. The van der Waals surface area contributed by atoms with Gasteiger partial charge in [-0.05, 0) is 48.8 Å². The summed E-state index contributed by atoms with van der Waals surface area (Å²) in [7, 11) is 0. The SMILES string of the molecule is CCc1c(C)sc(NC(=S)NC(=O)Cc2ccc(Cl)cc2)c1C(N)=O. The van der Waals surface area contributed by atoms with E-state index < -0.39 is 5.91 Å². The lowest BCUT2D eigenvalue weighted by atomic mass is 10.1. The zero-order chi connectivity index (χ0) is 18.6. The number of hydrogen-bond acceptors (Lipinski definition) is 4. The van der Waals surface area contributed by atoms with Crippen molar-refractivity contribution in [2.45, 2.75) is 26.7 Å². The predicted molar refractivity (Wildman–Crippen MR) is 106 cm³/mol. The molecular weight excluding hydrogens is 378 g/mol. The van der Waals surface area contributed by atoms with Crippen LogP contribution in [0.15, 0.2) is 24.3 Å². The first-order valence-electron chi connectivity index (χ1n) is 7.59. The first kappa shape index (κ1) is 19.4. The number of halogens is 1. The molecule has 2 aromatic rings. The van der Waals surface area contributed by atoms with Gasteiger partial charge < -0.3 is 16.4 Å². The molecule has 1 aromatic carbocycles. The van der Waals surface area contributed by atoms with E-state index in [1.165, 1.54) is 11.3 Å². The van der Waals surface area contributed by atoms with Gasteiger partial charge in [0, 0.05) is 9.90 Å². The minimum atomic E-state index is -0.515. The van der Waals surface area contributed by atoms with Crippen LogP contribution in [-0.4, -0.2) is 16.9 Å². The summed E-state index contributed by atoms with van der Waals surface area (Å²) in [5, 5.41) is 6.81. The fourth-order valence-corrected chi connectivity index (χ4v) is 4.01. The van der Waals surface area contributed by atoms with Gasteiger partial charge in [0.15, 0.2) is 5.11 Å². The minimum Gasteiger partial charge on any atom is -0.365 e. The number of benzene rings is 1. The van der Waals surface area contributed by atoms with Crippen molar-refractivity contribution in [3.05, 3.63) is 50.9 Å². The summed E-state index contributed by atoms with van der Waals surface area (Å²) in [4.78, 5) is 24.8. The van der Waals surface area contributed by atoms with Crippen LogP contribution in [0.1, 0.15) is 33.3 Å². The van der Waals surface area contributed by atoms with Gasteiger partial charge in [-0.1, -0.05) is 30.7 Å². The molecule has 0 aliphatic rings. The van der Waals surface area contributed by atoms with Crippen LogP contribution in [0.3, 0.4) is 0 Å². The molecule has 0 bridgehead atoms. The predicted octanol–water partition coefficient (Wildman–Crippen LogP) is 3.43. The van der Waals surface area contributed by atoms with Crippen molar-refractivity contribution >= 4 is 57.1 Å². The van der Waals surface area contributed by atoms with Crippen molar-refractivity contribution in [3.63, 3.8) is 0 Å². The summed E-state index contributed by atoms with van der Waals surface area (Å²) >= 11 is 12.4. The minimum absolute atomic E-state index is 0.130. The van der Waals surface area contributed by atoms with Crippen LogP contribution in [-0.2, 0) is 17.6 Å². The maximum atomic E-state index is 12.1. The number of nitrogens with two attached hydrogens (primary N) is 1. The highest BCUT2D eigenvalue weighted by Crippen LogP contribution is 2.33. The molecule has 5 nitrogen and oxygen atoms in total. The third-order valence-electron chi connectivity index (χ3n) is 3.57. The van der Waals surface area contributed by atoms with Crippen LogP contribution in [0.5, 0.6) is 0 Å². The van der Waals surface area contributed by atoms with Crippen molar-refractivity contribution in [1.82, 2.24) is 5.32 Å². The summed E-state index contributed by atoms with van der Waals surface area (Å²) < 4.78 is 0. The summed E-state index contributed by atoms with van der Waals surface area (Å²) in [6, 6.07) is 7.00. The van der Waals surface area contributed by atoms with Crippen molar-refractivity contribution in [3.8, 4) is 0 Å². The molecular formula is C17H18ClN3O2S2. The van der Waals surface area contributed by atoms with E-state index in [0.717, 1.165) is 16.0 Å². The van der Waals surface area contributed by atoms with Gasteiger partial charge in [0.1, 0.15) is 5.00 Å². The number of hydrogen-bond donors (Lipinski definition) is 3. The number of carbonyl (C=O) groups is 2. The highest BCUT2D eigenvalue weighted by atomic mass is 35.5. The number of rotatable bonds is 5. The Morgan fingerprint density at radius 2 is 1.92 bits per heavy atom. The molecule has 2 rings (SSSR count). The highest BCUT2D eigenvalue weighted by Gasteiger charge is 2.20. The third kappa shape index (κ3) is 5.01. The quantitative estimate of drug-likeness (QED) is 0.677. The number of thiophene rings is 1. The molecule has 0 fully saturated rings. The number of aryl methyl sites for hydroxylation is 1. The van der Waals surface area contributed by atoms with Crippen molar-refractivity contribution in [1.29, 1.82) is 0 Å². The maximum absolute atomic E-state index is 12.1. The van der Waals surface area contributed by atoms with Crippen LogP contribution < -0.4 is 16.4 Å². The lowest BCUT2D eigenvalue weighted by Gasteiger charge is -2.10. The molecule has 132 valence electrons. The molecule has 1 aromatic heterocycles. The molecule has 0 atom stereocenters. The van der Waals surface area contributed by atoms with Gasteiger partial charge in [0.2, 0.25) is 5.91 Å². The van der Waals surface area contributed by atoms with Gasteiger partial charge in [0.05, 0.1) is 12.0 Å². The fourth-order valence-electron chi connectivity index (χ4n) is 2.45. The van der Waals surface area contributed by atoms with Gasteiger partial charge in [-0.3, -0.25) is 9.59 Å². The van der Waals surface area contributed by atoms with E-state index in [1.807, 2.05) is 13.8 Å². The normalized spacial score (nSPS) is 10.4. The molecule has 0 aliphatic heterocycles. The summed E-state index contributed by atoms with van der Waals surface area (Å²) in [5.74, 6) is -0.775. The number of thiocarbonyl (C=S) groups is 1. The molecule has 8 heteroatoms. The Kier molecular flexibility index (Phi) is 6.52. The summed E-state index contributed by atoms with van der Waals surface area (Å²) in [6.45, 7) is 3.88. The smallest absolute Gasteiger partial charge is 0.251 e. The van der Waals surface area contributed by atoms with Crippen LogP contribution >= 0.6 is 35.2 Å². The van der Waals surface area contributed by atoms with E-state index in [9.17, 15) is 9.59 Å². The average Bonchev–Trinajstić information content (AvgIpc) is 2.84. The number of anilines is 1. The number of primary amides is 1. The Labute approximate surface area is 160 Å². The lowest BCUT2D eigenvalue weighted by Crippen LogP contribution is -2.35. The van der Waals surface area contributed by atoms with Gasteiger partial charge in [-0.25, -0.2) is 0 Å². The fraction of sp³-hybridized carbons (Fsp3) is 0.235. The first-order valence-corrected chi connectivity index (χ1v) is 9.19. The number of amides is 2. The average molecular weight is 396 g/mol. The topological polar surface area (TPSA) is 84.2 Å². The highest BCUT2D eigenvalue weighted by molar-refractivity contribution is 7.80. The monoisotopic (exact) mass is 395 g/mol. The Balaban J connectivity index is 2.04. The maximum Gasteiger partial charge on any atom is 0.251 e. The molecule has 0 unspecified atom stereocenters. The Hall–Kier alpha value is -1.96. The van der Waals surface area contributed by atoms with Gasteiger partial charge in [-0.15, -0.1) is 11.3 Å². The van der Waals surface area contributed by atoms with E-state index >= 15 is 0 Å². The summed E-state index contributed by atoms with van der Waals surface area (Å²) in [6.07, 6.45) is 0.864. The molecule has 4 N–H and O–H groups in total. The van der Waals surface area contributed by atoms with Crippen molar-refractivity contribution in [2.24, 2.45) is 5.73 Å². The van der Waals surface area contributed by atoms with Crippen molar-refractivity contribution < 1.29 is 9.59 Å². The standard InChI is InChI=1S/C17H18ClN3O2S2/c1-3-12-9(2)25-16(14(12)15(19)23)21-17(24)20-13(22)8-10-4-6-11(18)7-5-10/h4-7H,3,8H2,1-2H3,(H2,19,23)(H2,20,21,22,24). The van der Waals surface area contributed by atoms with Crippen LogP contribution in [0, 0.1) is 6.92 Å². The summed E-state index contributed by atoms with van der Waals surface area (Å²) in [5.41, 5.74) is 7.63. The zero-order valence-electron chi connectivity index (χ0n) is 13.8. The number of nitrogens with one attached hydrogen (secondary N) is 2. The molecule has 0 aliphatic carbocycles. The second kappa shape index (κ2) is 8.42. The van der Waals surface area contributed by atoms with E-state index in [2.05, 4.69) is 10.6 Å². The second-order valence-corrected chi connectivity index (χ2v) is 7.43. The van der Waals surface area contributed by atoms with Crippen LogP contribution in [0.25, 0.3) is 0 Å².